The zero-order valence-corrected chi connectivity index (χ0v) is 12.8. The van der Waals surface area contributed by atoms with E-state index in [-0.39, 0.29) is 11.4 Å². The monoisotopic (exact) mass is 313 g/mol. The molecule has 1 aromatic rings. The molecule has 0 fully saturated rings. The van der Waals surface area contributed by atoms with Gasteiger partial charge in [0.2, 0.25) is 0 Å². The maximum atomic E-state index is 8.86. The number of rotatable bonds is 4. The third-order valence-corrected chi connectivity index (χ3v) is 3.97. The fourth-order valence-electron chi connectivity index (χ4n) is 1.62. The highest BCUT2D eigenvalue weighted by atomic mass is 79.9. The Morgan fingerprint density at radius 3 is 2.61 bits per heavy atom. The Kier molecular flexibility index (Phi) is 4.62. The Bertz CT molecular complexity index is 458. The summed E-state index contributed by atoms with van der Waals surface area (Å²) >= 11 is 3.45. The summed E-state index contributed by atoms with van der Waals surface area (Å²) in [6.45, 7) is 6.45. The average Bonchev–Trinajstić information content (AvgIpc) is 2.36. The minimum atomic E-state index is -0.00865. The largest absolute Gasteiger partial charge is 0.409 e. The summed E-state index contributed by atoms with van der Waals surface area (Å²) in [5.74, 6) is 0.122. The number of amidine groups is 1. The van der Waals surface area contributed by atoms with E-state index in [2.05, 4.69) is 46.8 Å². The summed E-state index contributed by atoms with van der Waals surface area (Å²) < 4.78 is 0.964. The van der Waals surface area contributed by atoms with Gasteiger partial charge in [0.25, 0.3) is 0 Å². The van der Waals surface area contributed by atoms with Crippen molar-refractivity contribution in [1.82, 2.24) is 0 Å². The molecule has 5 heteroatoms. The number of hydrogen-bond donors (Lipinski definition) is 2. The molecule has 1 rings (SSSR count). The van der Waals surface area contributed by atoms with Gasteiger partial charge in [-0.2, -0.15) is 0 Å². The molecule has 1 aromatic carbocycles. The van der Waals surface area contributed by atoms with Crippen LogP contribution in [0.2, 0.25) is 0 Å². The molecule has 0 heterocycles. The zero-order chi connectivity index (χ0) is 13.9. The first-order valence-electron chi connectivity index (χ1n) is 5.84. The van der Waals surface area contributed by atoms with Crippen molar-refractivity contribution in [2.24, 2.45) is 10.9 Å². The molecule has 0 saturated heterocycles. The van der Waals surface area contributed by atoms with Crippen LogP contribution in [0, 0.1) is 0 Å². The smallest absolute Gasteiger partial charge is 0.172 e. The van der Waals surface area contributed by atoms with Crippen LogP contribution in [0.15, 0.2) is 27.8 Å². The molecule has 0 radical (unpaired) electrons. The van der Waals surface area contributed by atoms with E-state index in [4.69, 9.17) is 10.9 Å². The lowest BCUT2D eigenvalue weighted by atomic mass is 9.98. The summed E-state index contributed by atoms with van der Waals surface area (Å²) in [5.41, 5.74) is 7.38. The predicted molar refractivity (Wildman–Crippen MR) is 79.4 cm³/mol. The highest BCUT2D eigenvalue weighted by Gasteiger charge is 2.24. The van der Waals surface area contributed by atoms with Crippen LogP contribution in [0.25, 0.3) is 0 Å². The summed E-state index contributed by atoms with van der Waals surface area (Å²) in [6.07, 6.45) is 0.992. The lowest BCUT2D eigenvalue weighted by Gasteiger charge is -2.38. The van der Waals surface area contributed by atoms with Gasteiger partial charge in [0.05, 0.1) is 0 Å². The van der Waals surface area contributed by atoms with Crippen molar-refractivity contribution in [3.05, 3.63) is 28.2 Å². The average molecular weight is 314 g/mol. The highest BCUT2D eigenvalue weighted by molar-refractivity contribution is 9.10. The van der Waals surface area contributed by atoms with Crippen molar-refractivity contribution in [3.8, 4) is 0 Å². The molecule has 0 aliphatic heterocycles. The van der Waals surface area contributed by atoms with Crippen LogP contribution in [0.3, 0.4) is 0 Å². The molecule has 0 aliphatic rings. The fraction of sp³-hybridized carbons (Fsp3) is 0.462. The molecule has 0 spiro atoms. The maximum absolute atomic E-state index is 8.86. The molecule has 3 N–H and O–H groups in total. The van der Waals surface area contributed by atoms with Crippen LogP contribution in [0.5, 0.6) is 0 Å². The number of nitrogens with zero attached hydrogens (tertiary/aromatic N) is 2. The second kappa shape index (κ2) is 5.61. The number of halogens is 1. The second-order valence-corrected chi connectivity index (χ2v) is 5.79. The van der Waals surface area contributed by atoms with Crippen LogP contribution < -0.4 is 10.6 Å². The van der Waals surface area contributed by atoms with Crippen molar-refractivity contribution in [2.75, 3.05) is 11.9 Å². The van der Waals surface area contributed by atoms with Gasteiger partial charge >= 0.3 is 0 Å². The Morgan fingerprint density at radius 2 is 2.11 bits per heavy atom. The van der Waals surface area contributed by atoms with Gasteiger partial charge in [-0.1, -0.05) is 28.0 Å². The van der Waals surface area contributed by atoms with E-state index in [1.54, 1.807) is 0 Å². The summed E-state index contributed by atoms with van der Waals surface area (Å²) in [6, 6.07) is 5.70. The Labute approximate surface area is 117 Å². The Morgan fingerprint density at radius 1 is 1.50 bits per heavy atom. The molecular formula is C13H20BrN3O. The van der Waals surface area contributed by atoms with Crippen molar-refractivity contribution in [2.45, 2.75) is 32.7 Å². The van der Waals surface area contributed by atoms with E-state index in [9.17, 15) is 0 Å². The third kappa shape index (κ3) is 2.96. The van der Waals surface area contributed by atoms with Gasteiger partial charge in [0, 0.05) is 28.3 Å². The van der Waals surface area contributed by atoms with Crippen LogP contribution in [0.1, 0.15) is 32.8 Å². The number of anilines is 1. The predicted octanol–water partition coefficient (Wildman–Crippen LogP) is 3.17. The standard InChI is InChI=1S/C13H20BrN3O/c1-5-13(2,3)17(4)11-8-9(14)6-7-10(11)12(15)16-18/h6-8,18H,5H2,1-4H3,(H2,15,16). The minimum Gasteiger partial charge on any atom is -0.409 e. The van der Waals surface area contributed by atoms with E-state index >= 15 is 0 Å². The first-order valence-corrected chi connectivity index (χ1v) is 6.64. The van der Waals surface area contributed by atoms with E-state index in [0.29, 0.717) is 0 Å². The molecule has 0 amide bonds. The normalized spacial score (nSPS) is 12.6. The molecule has 0 saturated carbocycles. The zero-order valence-electron chi connectivity index (χ0n) is 11.2. The third-order valence-electron chi connectivity index (χ3n) is 3.48. The molecule has 18 heavy (non-hydrogen) atoms. The van der Waals surface area contributed by atoms with Crippen LogP contribution in [-0.4, -0.2) is 23.6 Å². The number of oxime groups is 1. The van der Waals surface area contributed by atoms with Crippen molar-refractivity contribution in [1.29, 1.82) is 0 Å². The van der Waals surface area contributed by atoms with Gasteiger partial charge < -0.3 is 15.8 Å². The molecule has 0 bridgehead atoms. The minimum absolute atomic E-state index is 0.00865. The fourth-order valence-corrected chi connectivity index (χ4v) is 1.97. The maximum Gasteiger partial charge on any atom is 0.172 e. The van der Waals surface area contributed by atoms with E-state index < -0.39 is 0 Å². The highest BCUT2D eigenvalue weighted by Crippen LogP contribution is 2.30. The summed E-state index contributed by atoms with van der Waals surface area (Å²) in [5, 5.41) is 11.9. The first-order chi connectivity index (χ1) is 8.33. The van der Waals surface area contributed by atoms with E-state index in [1.165, 1.54) is 0 Å². The lowest BCUT2D eigenvalue weighted by molar-refractivity contribution is 0.318. The van der Waals surface area contributed by atoms with E-state index in [1.807, 2.05) is 25.2 Å². The van der Waals surface area contributed by atoms with Gasteiger partial charge in [-0.15, -0.1) is 0 Å². The molecule has 4 nitrogen and oxygen atoms in total. The molecule has 0 aromatic heterocycles. The number of hydrogen-bond acceptors (Lipinski definition) is 3. The Hall–Kier alpha value is -1.23. The quantitative estimate of drug-likeness (QED) is 0.388. The van der Waals surface area contributed by atoms with Crippen molar-refractivity contribution in [3.63, 3.8) is 0 Å². The van der Waals surface area contributed by atoms with Crippen LogP contribution in [0.4, 0.5) is 5.69 Å². The van der Waals surface area contributed by atoms with E-state index in [0.717, 1.165) is 22.1 Å². The summed E-state index contributed by atoms with van der Waals surface area (Å²) in [4.78, 5) is 2.14. The topological polar surface area (TPSA) is 61.8 Å². The van der Waals surface area contributed by atoms with Gasteiger partial charge in [-0.3, -0.25) is 0 Å². The SMILES string of the molecule is CCC(C)(C)N(C)c1cc(Br)ccc1/C(N)=N/O. The van der Waals surface area contributed by atoms with Gasteiger partial charge in [-0.25, -0.2) is 0 Å². The lowest BCUT2D eigenvalue weighted by Crippen LogP contribution is -2.41. The van der Waals surface area contributed by atoms with Gasteiger partial charge in [0.1, 0.15) is 0 Å². The van der Waals surface area contributed by atoms with Crippen LogP contribution >= 0.6 is 15.9 Å². The molecule has 100 valence electrons. The van der Waals surface area contributed by atoms with Crippen LogP contribution in [-0.2, 0) is 0 Å². The van der Waals surface area contributed by atoms with Crippen molar-refractivity contribution < 1.29 is 5.21 Å². The first kappa shape index (κ1) is 14.8. The molecule has 0 unspecified atom stereocenters. The second-order valence-electron chi connectivity index (χ2n) is 4.87. The van der Waals surface area contributed by atoms with Crippen molar-refractivity contribution >= 4 is 27.5 Å². The summed E-state index contributed by atoms with van der Waals surface area (Å²) in [7, 11) is 2.01. The molecule has 0 atom stereocenters. The van der Waals surface area contributed by atoms with Gasteiger partial charge in [-0.05, 0) is 38.5 Å². The number of benzene rings is 1. The molecule has 0 aliphatic carbocycles. The number of nitrogens with two attached hydrogens (primary N) is 1. The molecular weight excluding hydrogens is 294 g/mol. The van der Waals surface area contributed by atoms with Gasteiger partial charge in [0.15, 0.2) is 5.84 Å². The Balaban J connectivity index is 3.34.